The molecular weight excluding hydrogens is 254 g/mol. The molecule has 0 bridgehead atoms. The third-order valence-electron chi connectivity index (χ3n) is 3.21. The molecule has 1 amide bonds. The van der Waals surface area contributed by atoms with Crippen LogP contribution in [0.3, 0.4) is 0 Å². The number of carbonyl (C=O) groups is 1. The molecule has 1 fully saturated rings. The van der Waals surface area contributed by atoms with E-state index in [4.69, 9.17) is 16.3 Å². The van der Waals surface area contributed by atoms with Crippen LogP contribution in [0.4, 0.5) is 0 Å². The molecule has 0 radical (unpaired) electrons. The predicted octanol–water partition coefficient (Wildman–Crippen LogP) is 0.878. The highest BCUT2D eigenvalue weighted by Crippen LogP contribution is 2.15. The van der Waals surface area contributed by atoms with Crippen LogP contribution in [0.5, 0.6) is 0 Å². The summed E-state index contributed by atoms with van der Waals surface area (Å²) in [5.74, 6) is -0.112. The number of hydrogen-bond donors (Lipinski definition) is 2. The number of halogens is 1. The summed E-state index contributed by atoms with van der Waals surface area (Å²) < 4.78 is 7.15. The van der Waals surface area contributed by atoms with Crippen LogP contribution >= 0.6 is 11.6 Å². The Hall–Kier alpha value is -1.04. The minimum atomic E-state index is -0.112. The van der Waals surface area contributed by atoms with Gasteiger partial charge >= 0.3 is 0 Å². The van der Waals surface area contributed by atoms with Crippen LogP contribution in [0.15, 0.2) is 12.3 Å². The van der Waals surface area contributed by atoms with Crippen molar-refractivity contribution < 1.29 is 9.53 Å². The molecule has 0 spiro atoms. The van der Waals surface area contributed by atoms with Gasteiger partial charge in [0.1, 0.15) is 5.69 Å². The van der Waals surface area contributed by atoms with Crippen LogP contribution in [0.25, 0.3) is 0 Å². The first-order chi connectivity index (χ1) is 8.65. The summed E-state index contributed by atoms with van der Waals surface area (Å²) in [6.45, 7) is 4.18. The first kappa shape index (κ1) is 13.4. The Morgan fingerprint density at radius 3 is 3.11 bits per heavy atom. The average molecular weight is 272 g/mol. The van der Waals surface area contributed by atoms with Gasteiger partial charge in [0.15, 0.2) is 0 Å². The zero-order valence-electron chi connectivity index (χ0n) is 10.6. The van der Waals surface area contributed by atoms with E-state index in [1.165, 1.54) is 0 Å². The van der Waals surface area contributed by atoms with Crippen LogP contribution in [0.2, 0.25) is 5.02 Å². The molecule has 100 valence electrons. The number of ether oxygens (including phenoxy) is 1. The van der Waals surface area contributed by atoms with Gasteiger partial charge < -0.3 is 19.9 Å². The first-order valence-corrected chi connectivity index (χ1v) is 6.43. The van der Waals surface area contributed by atoms with Crippen molar-refractivity contribution >= 4 is 17.5 Å². The van der Waals surface area contributed by atoms with Gasteiger partial charge in [-0.1, -0.05) is 11.6 Å². The van der Waals surface area contributed by atoms with Crippen LogP contribution in [-0.4, -0.2) is 42.8 Å². The molecule has 2 heterocycles. The second-order valence-electron chi connectivity index (χ2n) is 4.34. The number of aromatic nitrogens is 1. The number of nitrogens with zero attached hydrogens (tertiary/aromatic N) is 1. The van der Waals surface area contributed by atoms with Gasteiger partial charge in [0.2, 0.25) is 0 Å². The monoisotopic (exact) mass is 271 g/mol. The summed E-state index contributed by atoms with van der Waals surface area (Å²) in [4.78, 5) is 12.2. The molecule has 1 saturated heterocycles. The fraction of sp³-hybridized carbons (Fsp3) is 0.583. The summed E-state index contributed by atoms with van der Waals surface area (Å²) >= 11 is 5.92. The molecule has 5 nitrogen and oxygen atoms in total. The molecule has 18 heavy (non-hydrogen) atoms. The lowest BCUT2D eigenvalue weighted by Gasteiger charge is -2.18. The van der Waals surface area contributed by atoms with Crippen LogP contribution < -0.4 is 10.6 Å². The van der Waals surface area contributed by atoms with Gasteiger partial charge in [-0.3, -0.25) is 4.79 Å². The van der Waals surface area contributed by atoms with E-state index in [9.17, 15) is 4.79 Å². The maximum absolute atomic E-state index is 12.2. The molecule has 1 aromatic heterocycles. The van der Waals surface area contributed by atoms with E-state index in [0.29, 0.717) is 17.3 Å². The lowest BCUT2D eigenvalue weighted by molar-refractivity contribution is 0.0773. The van der Waals surface area contributed by atoms with Gasteiger partial charge in [-0.05, 0) is 13.0 Å². The molecule has 0 aliphatic carbocycles. The fourth-order valence-electron chi connectivity index (χ4n) is 2.22. The molecule has 1 aliphatic heterocycles. The van der Waals surface area contributed by atoms with Gasteiger partial charge in [0.25, 0.3) is 5.91 Å². The second kappa shape index (κ2) is 5.73. The zero-order valence-corrected chi connectivity index (χ0v) is 11.3. The summed E-state index contributed by atoms with van der Waals surface area (Å²) in [7, 11) is 1.66. The maximum atomic E-state index is 12.2. The molecular formula is C12H18ClN3O2. The smallest absolute Gasteiger partial charge is 0.268 e. The molecule has 1 unspecified atom stereocenters. The Bertz CT molecular complexity index is 433. The maximum Gasteiger partial charge on any atom is 0.268 e. The number of nitrogens with one attached hydrogen (secondary N) is 2. The van der Waals surface area contributed by atoms with E-state index in [1.54, 1.807) is 19.4 Å². The van der Waals surface area contributed by atoms with Gasteiger partial charge in [-0.25, -0.2) is 0 Å². The summed E-state index contributed by atoms with van der Waals surface area (Å²) in [6.07, 6.45) is 1.78. The van der Waals surface area contributed by atoms with Crippen molar-refractivity contribution in [1.29, 1.82) is 0 Å². The molecule has 1 aliphatic rings. The molecule has 2 rings (SSSR count). The lowest BCUT2D eigenvalue weighted by Crippen LogP contribution is -2.44. The Morgan fingerprint density at radius 2 is 2.44 bits per heavy atom. The SMILES string of the molecule is CCn1cc(Cl)cc1C(=O)NC1CNC[C@@H]1OC. The molecule has 0 aromatic carbocycles. The zero-order chi connectivity index (χ0) is 13.1. The Balaban J connectivity index is 2.07. The number of rotatable bonds is 4. The minimum absolute atomic E-state index is 0.00137. The third-order valence-corrected chi connectivity index (χ3v) is 3.42. The topological polar surface area (TPSA) is 55.3 Å². The summed E-state index contributed by atoms with van der Waals surface area (Å²) in [6, 6.07) is 1.69. The van der Waals surface area contributed by atoms with Crippen molar-refractivity contribution in [2.75, 3.05) is 20.2 Å². The number of carbonyl (C=O) groups excluding carboxylic acids is 1. The van der Waals surface area contributed by atoms with Crippen LogP contribution in [-0.2, 0) is 11.3 Å². The van der Waals surface area contributed by atoms with E-state index in [-0.39, 0.29) is 18.1 Å². The Labute approximate surface area is 111 Å². The van der Waals surface area contributed by atoms with E-state index in [0.717, 1.165) is 13.1 Å². The highest BCUT2D eigenvalue weighted by molar-refractivity contribution is 6.31. The normalized spacial score (nSPS) is 23.3. The highest BCUT2D eigenvalue weighted by Gasteiger charge is 2.29. The molecule has 6 heteroatoms. The number of amides is 1. The molecule has 1 aromatic rings. The summed E-state index contributed by atoms with van der Waals surface area (Å²) in [5.41, 5.74) is 0.587. The van der Waals surface area contributed by atoms with E-state index in [1.807, 2.05) is 11.5 Å². The Morgan fingerprint density at radius 1 is 1.67 bits per heavy atom. The van der Waals surface area contributed by atoms with Crippen LogP contribution in [0.1, 0.15) is 17.4 Å². The van der Waals surface area contributed by atoms with E-state index < -0.39 is 0 Å². The predicted molar refractivity (Wildman–Crippen MR) is 70.0 cm³/mol. The minimum Gasteiger partial charge on any atom is -0.378 e. The largest absolute Gasteiger partial charge is 0.378 e. The fourth-order valence-corrected chi connectivity index (χ4v) is 2.44. The van der Waals surface area contributed by atoms with Crippen LogP contribution in [0, 0.1) is 0 Å². The standard InChI is InChI=1S/C12H18ClN3O2/c1-3-16-7-8(13)4-10(16)12(17)15-9-5-14-6-11(9)18-2/h4,7,9,11,14H,3,5-6H2,1-2H3,(H,15,17)/t9?,11-/m0/s1. The molecule has 2 atom stereocenters. The van der Waals surface area contributed by atoms with Crippen molar-refractivity contribution in [2.45, 2.75) is 25.6 Å². The summed E-state index contributed by atoms with van der Waals surface area (Å²) in [5, 5.41) is 6.75. The number of hydrogen-bond acceptors (Lipinski definition) is 3. The first-order valence-electron chi connectivity index (χ1n) is 6.05. The van der Waals surface area contributed by atoms with E-state index in [2.05, 4.69) is 10.6 Å². The van der Waals surface area contributed by atoms with Gasteiger partial charge in [-0.15, -0.1) is 0 Å². The van der Waals surface area contributed by atoms with Crippen molar-refractivity contribution in [3.05, 3.63) is 23.0 Å². The van der Waals surface area contributed by atoms with Crippen molar-refractivity contribution in [3.8, 4) is 0 Å². The molecule has 2 N–H and O–H groups in total. The quantitative estimate of drug-likeness (QED) is 0.855. The van der Waals surface area contributed by atoms with E-state index >= 15 is 0 Å². The van der Waals surface area contributed by atoms with Gasteiger partial charge in [0.05, 0.1) is 17.2 Å². The average Bonchev–Trinajstić information content (AvgIpc) is 2.94. The second-order valence-corrected chi connectivity index (χ2v) is 4.78. The van der Waals surface area contributed by atoms with Gasteiger partial charge in [0, 0.05) is 32.9 Å². The Kier molecular flexibility index (Phi) is 4.27. The number of methoxy groups -OCH3 is 1. The van der Waals surface area contributed by atoms with Crippen molar-refractivity contribution in [3.63, 3.8) is 0 Å². The number of aryl methyl sites for hydroxylation is 1. The lowest BCUT2D eigenvalue weighted by atomic mass is 10.2. The van der Waals surface area contributed by atoms with Crippen molar-refractivity contribution in [2.24, 2.45) is 0 Å². The van der Waals surface area contributed by atoms with Crippen molar-refractivity contribution in [1.82, 2.24) is 15.2 Å². The third kappa shape index (κ3) is 2.68. The molecule has 0 saturated carbocycles. The van der Waals surface area contributed by atoms with Gasteiger partial charge in [-0.2, -0.15) is 0 Å². The highest BCUT2D eigenvalue weighted by atomic mass is 35.5.